The number of hydrogen-bond acceptors (Lipinski definition) is 4. The molecule has 7 nitrogen and oxygen atoms in total. The summed E-state index contributed by atoms with van der Waals surface area (Å²) < 4.78 is 0. The average Bonchev–Trinajstić information content (AvgIpc) is 2.45. The fourth-order valence-corrected chi connectivity index (χ4v) is 1.42. The molecule has 0 saturated carbocycles. The minimum atomic E-state index is -0.397. The number of anilines is 1. The fourth-order valence-electron chi connectivity index (χ4n) is 1.42. The summed E-state index contributed by atoms with van der Waals surface area (Å²) in [5, 5.41) is 7.63. The predicted molar refractivity (Wildman–Crippen MR) is 75.1 cm³/mol. The van der Waals surface area contributed by atoms with Gasteiger partial charge in [-0.05, 0) is 31.2 Å². The van der Waals surface area contributed by atoms with Gasteiger partial charge in [0, 0.05) is 17.8 Å². The van der Waals surface area contributed by atoms with Crippen molar-refractivity contribution in [2.45, 2.75) is 6.92 Å². The molecule has 0 unspecified atom stereocenters. The summed E-state index contributed by atoms with van der Waals surface area (Å²) in [4.78, 5) is 33.9. The molecule has 1 aromatic carbocycles. The zero-order chi connectivity index (χ0) is 15.0. The quantitative estimate of drug-likeness (QED) is 0.559. The number of benzene rings is 1. The Labute approximate surface area is 116 Å². The van der Waals surface area contributed by atoms with Gasteiger partial charge in [-0.25, -0.2) is 0 Å². The van der Waals surface area contributed by atoms with Crippen molar-refractivity contribution in [1.29, 1.82) is 0 Å². The SMILES string of the molecule is CCNC(=O)c1ccc(NC(=O)CNC(=O)CN)cc1. The van der Waals surface area contributed by atoms with Crippen molar-refractivity contribution in [3.63, 3.8) is 0 Å². The Morgan fingerprint density at radius 2 is 1.70 bits per heavy atom. The smallest absolute Gasteiger partial charge is 0.251 e. The van der Waals surface area contributed by atoms with Gasteiger partial charge in [-0.3, -0.25) is 14.4 Å². The van der Waals surface area contributed by atoms with E-state index in [2.05, 4.69) is 16.0 Å². The molecule has 20 heavy (non-hydrogen) atoms. The average molecular weight is 278 g/mol. The van der Waals surface area contributed by atoms with E-state index in [0.29, 0.717) is 17.8 Å². The number of nitrogens with two attached hydrogens (primary N) is 1. The van der Waals surface area contributed by atoms with Crippen LogP contribution in [0.15, 0.2) is 24.3 Å². The van der Waals surface area contributed by atoms with Crippen molar-refractivity contribution >= 4 is 23.4 Å². The molecule has 0 aromatic heterocycles. The van der Waals surface area contributed by atoms with Crippen LogP contribution in [-0.4, -0.2) is 37.4 Å². The molecule has 0 heterocycles. The van der Waals surface area contributed by atoms with Crippen LogP contribution in [0.2, 0.25) is 0 Å². The lowest BCUT2D eigenvalue weighted by molar-refractivity contribution is -0.123. The van der Waals surface area contributed by atoms with Gasteiger partial charge in [0.15, 0.2) is 0 Å². The van der Waals surface area contributed by atoms with Gasteiger partial charge in [-0.15, -0.1) is 0 Å². The molecule has 0 aliphatic carbocycles. The molecule has 5 N–H and O–H groups in total. The van der Waals surface area contributed by atoms with Gasteiger partial charge in [0.25, 0.3) is 5.91 Å². The van der Waals surface area contributed by atoms with Crippen molar-refractivity contribution in [1.82, 2.24) is 10.6 Å². The van der Waals surface area contributed by atoms with E-state index in [0.717, 1.165) is 0 Å². The summed E-state index contributed by atoms with van der Waals surface area (Å²) in [5.41, 5.74) is 6.16. The van der Waals surface area contributed by atoms with Crippen LogP contribution in [0.3, 0.4) is 0 Å². The van der Waals surface area contributed by atoms with E-state index in [-0.39, 0.29) is 24.9 Å². The maximum Gasteiger partial charge on any atom is 0.251 e. The molecule has 0 aliphatic heterocycles. The molecule has 0 spiro atoms. The second kappa shape index (κ2) is 7.90. The van der Waals surface area contributed by atoms with E-state index in [1.54, 1.807) is 24.3 Å². The van der Waals surface area contributed by atoms with Crippen LogP contribution in [0.5, 0.6) is 0 Å². The van der Waals surface area contributed by atoms with E-state index < -0.39 is 5.91 Å². The molecule has 0 fully saturated rings. The van der Waals surface area contributed by atoms with Crippen LogP contribution >= 0.6 is 0 Å². The Hall–Kier alpha value is -2.41. The highest BCUT2D eigenvalue weighted by Crippen LogP contribution is 2.09. The molecule has 108 valence electrons. The van der Waals surface area contributed by atoms with Gasteiger partial charge in [-0.2, -0.15) is 0 Å². The summed E-state index contributed by atoms with van der Waals surface area (Å²) >= 11 is 0. The molecule has 1 aromatic rings. The van der Waals surface area contributed by atoms with Gasteiger partial charge < -0.3 is 21.7 Å². The van der Waals surface area contributed by atoms with Gasteiger partial charge in [0.05, 0.1) is 13.1 Å². The van der Waals surface area contributed by atoms with Crippen molar-refractivity contribution in [2.75, 3.05) is 25.0 Å². The van der Waals surface area contributed by atoms with Crippen LogP contribution in [0.1, 0.15) is 17.3 Å². The summed E-state index contributed by atoms with van der Waals surface area (Å²) in [7, 11) is 0. The Balaban J connectivity index is 2.50. The van der Waals surface area contributed by atoms with Crippen LogP contribution < -0.4 is 21.7 Å². The summed E-state index contributed by atoms with van der Waals surface area (Å²) in [5.74, 6) is -0.926. The van der Waals surface area contributed by atoms with Crippen molar-refractivity contribution in [3.05, 3.63) is 29.8 Å². The maximum atomic E-state index is 11.5. The first-order chi connectivity index (χ1) is 9.56. The second-order valence-corrected chi connectivity index (χ2v) is 3.97. The molecule has 0 atom stereocenters. The highest BCUT2D eigenvalue weighted by Gasteiger charge is 2.06. The first kappa shape index (κ1) is 15.6. The highest BCUT2D eigenvalue weighted by molar-refractivity contribution is 5.97. The van der Waals surface area contributed by atoms with Crippen molar-refractivity contribution < 1.29 is 14.4 Å². The monoisotopic (exact) mass is 278 g/mol. The molecule has 7 heteroatoms. The number of rotatable bonds is 6. The van der Waals surface area contributed by atoms with E-state index in [9.17, 15) is 14.4 Å². The molecule has 0 bridgehead atoms. The predicted octanol–water partition coefficient (Wildman–Crippen LogP) is -0.550. The number of nitrogens with one attached hydrogen (secondary N) is 3. The van der Waals surface area contributed by atoms with E-state index >= 15 is 0 Å². The largest absolute Gasteiger partial charge is 0.352 e. The van der Waals surface area contributed by atoms with Crippen LogP contribution in [0.4, 0.5) is 5.69 Å². The molecule has 0 aliphatic rings. The number of carbonyl (C=O) groups excluding carboxylic acids is 3. The minimum absolute atomic E-state index is 0.145. The summed E-state index contributed by atoms with van der Waals surface area (Å²) in [6.45, 7) is 2.09. The van der Waals surface area contributed by atoms with E-state index in [4.69, 9.17) is 5.73 Å². The molecular weight excluding hydrogens is 260 g/mol. The van der Waals surface area contributed by atoms with Crippen molar-refractivity contribution in [2.24, 2.45) is 5.73 Å². The molecular formula is C13H18N4O3. The van der Waals surface area contributed by atoms with E-state index in [1.165, 1.54) is 0 Å². The lowest BCUT2D eigenvalue weighted by Gasteiger charge is -2.07. The van der Waals surface area contributed by atoms with Gasteiger partial charge in [-0.1, -0.05) is 0 Å². The lowest BCUT2D eigenvalue weighted by atomic mass is 10.2. The number of hydrogen-bond donors (Lipinski definition) is 4. The normalized spacial score (nSPS) is 9.70. The Morgan fingerprint density at radius 1 is 1.05 bits per heavy atom. The molecule has 3 amide bonds. The fraction of sp³-hybridized carbons (Fsp3) is 0.308. The third-order valence-corrected chi connectivity index (χ3v) is 2.40. The molecule has 0 saturated heterocycles. The van der Waals surface area contributed by atoms with E-state index in [1.807, 2.05) is 6.92 Å². The van der Waals surface area contributed by atoms with Crippen molar-refractivity contribution in [3.8, 4) is 0 Å². The first-order valence-corrected chi connectivity index (χ1v) is 6.21. The molecule has 0 radical (unpaired) electrons. The maximum absolute atomic E-state index is 11.5. The summed E-state index contributed by atoms with van der Waals surface area (Å²) in [6.07, 6.45) is 0. The third kappa shape index (κ3) is 5.07. The first-order valence-electron chi connectivity index (χ1n) is 6.21. The molecule has 1 rings (SSSR count). The standard InChI is InChI=1S/C13H18N4O3/c1-2-15-13(20)9-3-5-10(6-4-9)17-12(19)8-16-11(18)7-14/h3-6H,2,7-8,14H2,1H3,(H,15,20)(H,16,18)(H,17,19). The van der Waals surface area contributed by atoms with Gasteiger partial charge in [0.2, 0.25) is 11.8 Å². The Morgan fingerprint density at radius 3 is 2.25 bits per heavy atom. The lowest BCUT2D eigenvalue weighted by Crippen LogP contribution is -2.36. The topological polar surface area (TPSA) is 113 Å². The third-order valence-electron chi connectivity index (χ3n) is 2.40. The zero-order valence-corrected chi connectivity index (χ0v) is 11.2. The van der Waals surface area contributed by atoms with Crippen LogP contribution in [-0.2, 0) is 9.59 Å². The zero-order valence-electron chi connectivity index (χ0n) is 11.2. The Bertz CT molecular complexity index is 485. The number of amides is 3. The number of carbonyl (C=O) groups is 3. The van der Waals surface area contributed by atoms with Gasteiger partial charge >= 0.3 is 0 Å². The second-order valence-electron chi connectivity index (χ2n) is 3.97. The van der Waals surface area contributed by atoms with Gasteiger partial charge in [0.1, 0.15) is 0 Å². The Kier molecular flexibility index (Phi) is 6.18. The van der Waals surface area contributed by atoms with Crippen LogP contribution in [0, 0.1) is 0 Å². The highest BCUT2D eigenvalue weighted by atomic mass is 16.2. The van der Waals surface area contributed by atoms with Crippen LogP contribution in [0.25, 0.3) is 0 Å². The minimum Gasteiger partial charge on any atom is -0.352 e. The summed E-state index contributed by atoms with van der Waals surface area (Å²) in [6, 6.07) is 6.46.